The first kappa shape index (κ1) is 48.7. The first-order chi connectivity index (χ1) is 1.73. The van der Waals surface area contributed by atoms with Gasteiger partial charge in [-0.1, -0.05) is 0 Å². The van der Waals surface area contributed by atoms with Gasteiger partial charge in [-0.2, -0.15) is 0 Å². The molecule has 0 rings (SSSR count). The minimum atomic E-state index is -0.500. The summed E-state index contributed by atoms with van der Waals surface area (Å²) in [5.74, 6) is 0. The molecule has 0 bridgehead atoms. The predicted molar refractivity (Wildman–Crippen MR) is 37.4 cm³/mol. The van der Waals surface area contributed by atoms with E-state index in [0.29, 0.717) is 0 Å². The number of thiocarbonyl (C=S) groups is 1. The van der Waals surface area contributed by atoms with Crippen molar-refractivity contribution >= 4 is 46.9 Å². The van der Waals surface area contributed by atoms with Crippen molar-refractivity contribution in [2.75, 3.05) is 0 Å². The summed E-state index contributed by atoms with van der Waals surface area (Å²) in [7, 11) is 0. The molecule has 0 heterocycles. The molecule has 0 saturated heterocycles. The molecule has 0 aliphatic heterocycles. The van der Waals surface area contributed by atoms with Crippen LogP contribution in [0.4, 0.5) is 0 Å². The standard InChI is InChI=1S/CH3NOS.Na.3H2O.Pd.H/c2-1(3)4;;;;;;/h(H3,2,3,4);;3*1H2;;. The second-order valence-corrected chi connectivity index (χ2v) is 0.757. The molecular weight excluding hydrogens is 251 g/mol. The number of nitrogens with two attached hydrogens (primary N) is 1. The molecule has 0 radical (unpaired) electrons. The van der Waals surface area contributed by atoms with Gasteiger partial charge in [0, 0.05) is 20.4 Å². The van der Waals surface area contributed by atoms with E-state index in [0.717, 1.165) is 0 Å². The predicted octanol–water partition coefficient (Wildman–Crippen LogP) is -3.34. The van der Waals surface area contributed by atoms with Gasteiger partial charge in [0.1, 0.15) is 0 Å². The zero-order valence-corrected chi connectivity index (χ0v) is 6.12. The Bertz CT molecular complexity index is 43.5. The maximum Gasteiger partial charge on any atom is 0 e. The van der Waals surface area contributed by atoms with Gasteiger partial charge >= 0.3 is 29.6 Å². The molecule has 5 nitrogen and oxygen atoms in total. The van der Waals surface area contributed by atoms with Crippen molar-refractivity contribution < 1.29 is 42.0 Å². The number of hydrogen-bond acceptors (Lipinski definition) is 1. The Morgan fingerprint density at radius 3 is 1.22 bits per heavy atom. The molecule has 0 atom stereocenters. The summed E-state index contributed by atoms with van der Waals surface area (Å²) >= 11 is 3.87. The van der Waals surface area contributed by atoms with E-state index in [4.69, 9.17) is 5.11 Å². The van der Waals surface area contributed by atoms with Crippen LogP contribution in [0, 0.1) is 0 Å². The third kappa shape index (κ3) is 318. The van der Waals surface area contributed by atoms with Gasteiger partial charge in [-0.15, -0.1) is 0 Å². The van der Waals surface area contributed by atoms with Gasteiger partial charge in [0.2, 0.25) is 0 Å². The molecule has 0 spiro atoms. The fourth-order valence-corrected chi connectivity index (χ4v) is 0. The van der Waals surface area contributed by atoms with E-state index in [9.17, 15) is 0 Å². The van der Waals surface area contributed by atoms with Gasteiger partial charge in [-0.05, 0) is 12.2 Å². The largest absolute Gasteiger partial charge is 0 e. The first-order valence-electron chi connectivity index (χ1n) is 0.716. The molecule has 60 valence electrons. The number of aliphatic hydroxyl groups is 1. The second kappa shape index (κ2) is 34.9. The van der Waals surface area contributed by atoms with E-state index >= 15 is 0 Å². The molecule has 0 aromatic carbocycles. The Balaban J connectivity index is -0.00000000450. The molecule has 9 N–H and O–H groups in total. The van der Waals surface area contributed by atoms with Crippen molar-refractivity contribution in [3.63, 3.8) is 0 Å². The quantitative estimate of drug-likeness (QED) is 0.348. The van der Waals surface area contributed by atoms with E-state index in [2.05, 4.69) is 18.0 Å². The van der Waals surface area contributed by atoms with Crippen molar-refractivity contribution in [3.8, 4) is 0 Å². The van der Waals surface area contributed by atoms with E-state index < -0.39 is 5.17 Å². The van der Waals surface area contributed by atoms with Crippen LogP contribution in [0.5, 0.6) is 0 Å². The molecule has 0 aliphatic carbocycles. The second-order valence-electron chi connectivity index (χ2n) is 0.338. The Kier molecular flexibility index (Phi) is 189. The van der Waals surface area contributed by atoms with Gasteiger partial charge in [-0.25, -0.2) is 0 Å². The summed E-state index contributed by atoms with van der Waals surface area (Å²) in [5.41, 5.74) is 4.40. The van der Waals surface area contributed by atoms with Crippen LogP contribution in [-0.2, 0) is 20.4 Å². The topological polar surface area (TPSA) is 141 Å². The Labute approximate surface area is 93.9 Å². The van der Waals surface area contributed by atoms with Crippen molar-refractivity contribution in [3.05, 3.63) is 0 Å². The van der Waals surface area contributed by atoms with Crippen LogP contribution in [0.25, 0.3) is 0 Å². The smallest absolute Gasteiger partial charge is 0 e. The number of aliphatic hydroxyl groups excluding tert-OH is 1. The van der Waals surface area contributed by atoms with Crippen molar-refractivity contribution in [2.45, 2.75) is 0 Å². The average Bonchev–Trinajstić information content (AvgIpc) is 0.811. The molecule has 0 aliphatic rings. The SMILES string of the molecule is NC(O)=S.O.O.O.[NaH].[Pd]. The molecule has 0 fully saturated rings. The maximum atomic E-state index is 7.56. The molecule has 0 saturated carbocycles. The molecule has 9 heavy (non-hydrogen) atoms. The van der Waals surface area contributed by atoms with Crippen LogP contribution in [0.15, 0.2) is 0 Å². The summed E-state index contributed by atoms with van der Waals surface area (Å²) in [5, 5.41) is 7.06. The van der Waals surface area contributed by atoms with E-state index in [-0.39, 0.29) is 66.4 Å². The summed E-state index contributed by atoms with van der Waals surface area (Å²) in [6, 6.07) is 0. The van der Waals surface area contributed by atoms with Crippen LogP contribution in [0.1, 0.15) is 0 Å². The minimum Gasteiger partial charge on any atom is 0 e. The number of hydrogen-bond donors (Lipinski definition) is 2. The van der Waals surface area contributed by atoms with Crippen molar-refractivity contribution in [2.24, 2.45) is 5.73 Å². The molecule has 0 aromatic heterocycles. The average molecular weight is 262 g/mol. The maximum absolute atomic E-state index is 7.56. The summed E-state index contributed by atoms with van der Waals surface area (Å²) in [6.45, 7) is 0. The van der Waals surface area contributed by atoms with E-state index in [1.165, 1.54) is 0 Å². The Morgan fingerprint density at radius 1 is 1.22 bits per heavy atom. The van der Waals surface area contributed by atoms with Gasteiger partial charge in [0.25, 0.3) is 5.17 Å². The Morgan fingerprint density at radius 2 is 1.22 bits per heavy atom. The fourth-order valence-electron chi connectivity index (χ4n) is 0. The summed E-state index contributed by atoms with van der Waals surface area (Å²) in [4.78, 5) is 0. The van der Waals surface area contributed by atoms with E-state index in [1.54, 1.807) is 0 Å². The molecule has 8 heteroatoms. The van der Waals surface area contributed by atoms with Crippen LogP contribution >= 0.6 is 12.2 Å². The summed E-state index contributed by atoms with van der Waals surface area (Å²) < 4.78 is 0. The van der Waals surface area contributed by atoms with Gasteiger partial charge in [-0.3, -0.25) is 0 Å². The van der Waals surface area contributed by atoms with E-state index in [1.807, 2.05) is 0 Å². The van der Waals surface area contributed by atoms with Gasteiger partial charge in [0.15, 0.2) is 0 Å². The van der Waals surface area contributed by atoms with Crippen LogP contribution < -0.4 is 5.73 Å². The van der Waals surface area contributed by atoms with Gasteiger partial charge < -0.3 is 27.3 Å². The monoisotopic (exact) mass is 261 g/mol. The third-order valence-electron chi connectivity index (χ3n) is 0. The first-order valence-corrected chi connectivity index (χ1v) is 1.12. The van der Waals surface area contributed by atoms with Crippen LogP contribution in [0.3, 0.4) is 0 Å². The molecule has 0 amide bonds. The van der Waals surface area contributed by atoms with Crippen LogP contribution in [-0.4, -0.2) is 56.3 Å². The minimum absolute atomic E-state index is 0. The molecular formula is CH10NNaO4PdS. The third-order valence-corrected chi connectivity index (χ3v) is 0. The van der Waals surface area contributed by atoms with Crippen LogP contribution in [0.2, 0.25) is 0 Å². The molecule has 0 aromatic rings. The number of rotatable bonds is 0. The fraction of sp³-hybridized carbons (Fsp3) is 0. The zero-order chi connectivity index (χ0) is 3.58. The normalized spacial score (nSPS) is 2.67. The van der Waals surface area contributed by atoms with Crippen molar-refractivity contribution in [1.29, 1.82) is 0 Å². The zero-order valence-electron chi connectivity index (χ0n) is 3.75. The van der Waals surface area contributed by atoms with Crippen molar-refractivity contribution in [1.82, 2.24) is 0 Å². The molecule has 0 unspecified atom stereocenters. The van der Waals surface area contributed by atoms with Gasteiger partial charge in [0.05, 0.1) is 0 Å². The Hall–Kier alpha value is 1.23. The summed E-state index contributed by atoms with van der Waals surface area (Å²) in [6.07, 6.45) is 0.